The molecule has 1 aliphatic rings. The van der Waals surface area contributed by atoms with Crippen LogP contribution in [0.5, 0.6) is 0 Å². The normalized spacial score (nSPS) is 13.4. The van der Waals surface area contributed by atoms with E-state index in [2.05, 4.69) is 10.1 Å². The van der Waals surface area contributed by atoms with Gasteiger partial charge in [0.25, 0.3) is 15.6 Å². The number of rotatable bonds is 3. The summed E-state index contributed by atoms with van der Waals surface area (Å²) < 4.78 is 29.8. The van der Waals surface area contributed by atoms with Gasteiger partial charge in [-0.2, -0.15) is 0 Å². The molecule has 0 bridgehead atoms. The summed E-state index contributed by atoms with van der Waals surface area (Å²) in [6.07, 6.45) is 1.79. The Labute approximate surface area is 196 Å². The average Bonchev–Trinajstić information content (AvgIpc) is 3.00. The van der Waals surface area contributed by atoms with Gasteiger partial charge >= 0.3 is 0 Å². The van der Waals surface area contributed by atoms with Crippen molar-refractivity contribution in [1.29, 1.82) is 0 Å². The number of hydrogen-bond donors (Lipinski definition) is 1. The first-order valence-electron chi connectivity index (χ1n) is 10.4. The number of sulfonamides is 1. The van der Waals surface area contributed by atoms with Gasteiger partial charge in [-0.25, -0.2) is 22.4 Å². The molecular formula is C24H21ClN4O3S. The van der Waals surface area contributed by atoms with Gasteiger partial charge in [0.05, 0.1) is 16.3 Å². The summed E-state index contributed by atoms with van der Waals surface area (Å²) in [5.74, 6) is 0.285. The molecule has 9 heteroatoms. The maximum absolute atomic E-state index is 13.5. The van der Waals surface area contributed by atoms with E-state index in [-0.39, 0.29) is 29.2 Å². The minimum atomic E-state index is -3.87. The highest BCUT2D eigenvalue weighted by molar-refractivity contribution is 7.92. The number of benzene rings is 2. The average molecular weight is 481 g/mol. The minimum Gasteiger partial charge on any atom is -0.290 e. The SMILES string of the molecule is Cc1ccc(S(=O)(=O)N2CCc3c([nH]n(-c4cc(C)cc(Cl)c4)c3=O)-c3cccnc32)cc1. The van der Waals surface area contributed by atoms with Crippen LogP contribution in [-0.2, 0) is 16.4 Å². The number of halogens is 1. The van der Waals surface area contributed by atoms with Crippen molar-refractivity contribution in [2.24, 2.45) is 0 Å². The molecule has 0 saturated heterocycles. The molecule has 33 heavy (non-hydrogen) atoms. The molecule has 4 aromatic rings. The molecule has 0 unspecified atom stereocenters. The number of hydrogen-bond acceptors (Lipinski definition) is 4. The number of pyridine rings is 1. The summed E-state index contributed by atoms with van der Waals surface area (Å²) in [5.41, 5.74) is 3.88. The van der Waals surface area contributed by atoms with Gasteiger partial charge in [0.15, 0.2) is 5.82 Å². The van der Waals surface area contributed by atoms with E-state index in [1.165, 1.54) is 8.99 Å². The van der Waals surface area contributed by atoms with E-state index in [1.807, 2.05) is 26.0 Å². The highest BCUT2D eigenvalue weighted by Crippen LogP contribution is 2.36. The Hall–Kier alpha value is -3.36. The quantitative estimate of drug-likeness (QED) is 0.475. The Bertz CT molecular complexity index is 1520. The largest absolute Gasteiger partial charge is 0.290 e. The van der Waals surface area contributed by atoms with Gasteiger partial charge in [0.2, 0.25) is 0 Å². The number of nitrogens with zero attached hydrogens (tertiary/aromatic N) is 3. The molecule has 0 atom stereocenters. The van der Waals surface area contributed by atoms with E-state index in [4.69, 9.17) is 11.6 Å². The maximum Gasteiger partial charge on any atom is 0.275 e. The maximum atomic E-state index is 13.5. The number of nitrogens with one attached hydrogen (secondary N) is 1. The molecule has 3 heterocycles. The zero-order valence-corrected chi connectivity index (χ0v) is 19.6. The van der Waals surface area contributed by atoms with Crippen molar-refractivity contribution in [2.45, 2.75) is 25.2 Å². The summed E-state index contributed by atoms with van der Waals surface area (Å²) >= 11 is 6.21. The molecule has 1 aliphatic heterocycles. The molecule has 2 aromatic heterocycles. The van der Waals surface area contributed by atoms with E-state index in [0.29, 0.717) is 27.5 Å². The van der Waals surface area contributed by atoms with Crippen LogP contribution in [0.2, 0.25) is 5.02 Å². The lowest BCUT2D eigenvalue weighted by atomic mass is 10.1. The molecule has 0 aliphatic carbocycles. The lowest BCUT2D eigenvalue weighted by Gasteiger charge is -2.23. The van der Waals surface area contributed by atoms with Crippen LogP contribution >= 0.6 is 11.6 Å². The van der Waals surface area contributed by atoms with Crippen molar-refractivity contribution in [2.75, 3.05) is 10.8 Å². The number of H-pyrrole nitrogens is 1. The van der Waals surface area contributed by atoms with Gasteiger partial charge in [0.1, 0.15) is 0 Å². The third-order valence-electron chi connectivity index (χ3n) is 5.74. The molecule has 0 amide bonds. The van der Waals surface area contributed by atoms with E-state index < -0.39 is 10.0 Å². The molecule has 0 fully saturated rings. The van der Waals surface area contributed by atoms with Crippen molar-refractivity contribution in [3.63, 3.8) is 0 Å². The first-order valence-corrected chi connectivity index (χ1v) is 12.2. The molecule has 0 spiro atoms. The van der Waals surface area contributed by atoms with Gasteiger partial charge in [0, 0.05) is 28.9 Å². The van der Waals surface area contributed by atoms with Crippen LogP contribution in [0.1, 0.15) is 16.7 Å². The van der Waals surface area contributed by atoms with Crippen molar-refractivity contribution >= 4 is 27.4 Å². The summed E-state index contributed by atoms with van der Waals surface area (Å²) in [6.45, 7) is 3.90. The predicted octanol–water partition coefficient (Wildman–Crippen LogP) is 4.25. The summed E-state index contributed by atoms with van der Waals surface area (Å²) in [7, 11) is -3.87. The van der Waals surface area contributed by atoms with Crippen LogP contribution in [0.25, 0.3) is 16.9 Å². The zero-order chi connectivity index (χ0) is 23.3. The minimum absolute atomic E-state index is 0.0922. The Morgan fingerprint density at radius 3 is 2.52 bits per heavy atom. The molecule has 1 N–H and O–H groups in total. The predicted molar refractivity (Wildman–Crippen MR) is 129 cm³/mol. The second kappa shape index (κ2) is 7.90. The van der Waals surface area contributed by atoms with E-state index in [0.717, 1.165) is 11.1 Å². The van der Waals surface area contributed by atoms with E-state index in [1.54, 1.807) is 48.7 Å². The second-order valence-electron chi connectivity index (χ2n) is 8.11. The molecule has 0 radical (unpaired) electrons. The second-order valence-corrected chi connectivity index (χ2v) is 10.4. The van der Waals surface area contributed by atoms with Crippen LogP contribution in [-0.4, -0.2) is 29.7 Å². The highest BCUT2D eigenvalue weighted by atomic mass is 35.5. The fraction of sp³-hybridized carbons (Fsp3) is 0.167. The van der Waals surface area contributed by atoms with Gasteiger partial charge in [-0.1, -0.05) is 29.3 Å². The monoisotopic (exact) mass is 480 g/mol. The van der Waals surface area contributed by atoms with E-state index in [9.17, 15) is 13.2 Å². The summed E-state index contributed by atoms with van der Waals surface area (Å²) in [6, 6.07) is 15.6. The van der Waals surface area contributed by atoms with Crippen molar-refractivity contribution < 1.29 is 8.42 Å². The van der Waals surface area contributed by atoms with Crippen molar-refractivity contribution in [3.05, 3.63) is 92.9 Å². The number of aryl methyl sites for hydroxylation is 2. The molecule has 7 nitrogen and oxygen atoms in total. The fourth-order valence-corrected chi connectivity index (χ4v) is 5.86. The van der Waals surface area contributed by atoms with Crippen LogP contribution in [0.3, 0.4) is 0 Å². The van der Waals surface area contributed by atoms with Crippen LogP contribution < -0.4 is 9.86 Å². The molecule has 0 saturated carbocycles. The third-order valence-corrected chi connectivity index (χ3v) is 7.76. The van der Waals surface area contributed by atoms with Gasteiger partial charge < -0.3 is 0 Å². The molecule has 168 valence electrons. The Balaban J connectivity index is 1.67. The first kappa shape index (κ1) is 21.5. The Morgan fingerprint density at radius 1 is 1.03 bits per heavy atom. The molecule has 2 aromatic carbocycles. The number of aromatic nitrogens is 3. The first-order chi connectivity index (χ1) is 15.8. The third kappa shape index (κ3) is 3.65. The van der Waals surface area contributed by atoms with Crippen molar-refractivity contribution in [1.82, 2.24) is 14.8 Å². The lowest BCUT2D eigenvalue weighted by Crippen LogP contribution is -2.34. The smallest absolute Gasteiger partial charge is 0.275 e. The van der Waals surface area contributed by atoms with Crippen LogP contribution in [0, 0.1) is 13.8 Å². The molecule has 5 rings (SSSR count). The Morgan fingerprint density at radius 2 is 1.79 bits per heavy atom. The fourth-order valence-electron chi connectivity index (χ4n) is 4.14. The Kier molecular flexibility index (Phi) is 5.14. The summed E-state index contributed by atoms with van der Waals surface area (Å²) in [4.78, 5) is 17.9. The van der Waals surface area contributed by atoms with Crippen LogP contribution in [0.4, 0.5) is 5.82 Å². The topological polar surface area (TPSA) is 88.1 Å². The summed E-state index contributed by atoms with van der Waals surface area (Å²) in [5, 5.41) is 3.70. The van der Waals surface area contributed by atoms with Crippen molar-refractivity contribution in [3.8, 4) is 16.9 Å². The highest BCUT2D eigenvalue weighted by Gasteiger charge is 2.33. The lowest BCUT2D eigenvalue weighted by molar-refractivity contribution is 0.590. The number of fused-ring (bicyclic) bond motifs is 3. The standard InChI is InChI=1S/C24H21ClN4O3S/c1-15-5-7-19(8-6-15)33(31,32)28-11-9-21-22(20-4-3-10-26-23(20)28)27-29(24(21)30)18-13-16(2)12-17(25)14-18/h3-8,10,12-14,27H,9,11H2,1-2H3. The number of aromatic amines is 1. The van der Waals surface area contributed by atoms with Gasteiger partial charge in [-0.05, 0) is 68.3 Å². The number of anilines is 1. The van der Waals surface area contributed by atoms with Gasteiger partial charge in [-0.15, -0.1) is 0 Å². The zero-order valence-electron chi connectivity index (χ0n) is 18.0. The van der Waals surface area contributed by atoms with Gasteiger partial charge in [-0.3, -0.25) is 9.89 Å². The van der Waals surface area contributed by atoms with E-state index >= 15 is 0 Å². The van der Waals surface area contributed by atoms with Crippen LogP contribution in [0.15, 0.2) is 70.5 Å². The molecular weight excluding hydrogens is 460 g/mol.